The van der Waals surface area contributed by atoms with E-state index in [1.165, 1.54) is 0 Å². The van der Waals surface area contributed by atoms with Gasteiger partial charge in [-0.25, -0.2) is 0 Å². The number of halogens is 1. The first-order valence-corrected chi connectivity index (χ1v) is 5.95. The minimum atomic E-state index is -0.114. The molecule has 1 aromatic rings. The van der Waals surface area contributed by atoms with Gasteiger partial charge in [-0.05, 0) is 24.6 Å². The zero-order valence-electron chi connectivity index (χ0n) is 9.50. The van der Waals surface area contributed by atoms with Gasteiger partial charge in [0, 0.05) is 24.6 Å². The summed E-state index contributed by atoms with van der Waals surface area (Å²) in [6.07, 6.45) is 1.05. The lowest BCUT2D eigenvalue weighted by atomic mass is 10.2. The Morgan fingerprint density at radius 2 is 2.35 bits per heavy atom. The van der Waals surface area contributed by atoms with E-state index in [1.807, 2.05) is 6.07 Å². The van der Waals surface area contributed by atoms with E-state index in [0.29, 0.717) is 30.7 Å². The lowest BCUT2D eigenvalue weighted by molar-refractivity contribution is -0.116. The van der Waals surface area contributed by atoms with Gasteiger partial charge in [0.1, 0.15) is 6.07 Å². The van der Waals surface area contributed by atoms with Crippen LogP contribution in [0.1, 0.15) is 18.4 Å². The molecule has 0 radical (unpaired) electrons. The van der Waals surface area contributed by atoms with E-state index in [9.17, 15) is 4.79 Å². The van der Waals surface area contributed by atoms with Crippen molar-refractivity contribution in [3.8, 4) is 6.07 Å². The molecule has 1 amide bonds. The average Bonchev–Trinajstić information content (AvgIpc) is 2.29. The molecule has 0 unspecified atom stereocenters. The zero-order valence-corrected chi connectivity index (χ0v) is 11.1. The van der Waals surface area contributed by atoms with Crippen molar-refractivity contribution < 1.29 is 9.53 Å². The first-order chi connectivity index (χ1) is 8.17. The number of hydrogen-bond donors (Lipinski definition) is 1. The van der Waals surface area contributed by atoms with Crippen molar-refractivity contribution in [3.63, 3.8) is 0 Å². The molecule has 0 saturated carbocycles. The Morgan fingerprint density at radius 3 is 3.00 bits per heavy atom. The summed E-state index contributed by atoms with van der Waals surface area (Å²) in [6, 6.07) is 7.17. The average molecular weight is 297 g/mol. The van der Waals surface area contributed by atoms with Crippen LogP contribution in [0.4, 0.5) is 5.69 Å². The third kappa shape index (κ3) is 4.55. The first kappa shape index (κ1) is 13.7. The topological polar surface area (TPSA) is 62.1 Å². The van der Waals surface area contributed by atoms with Crippen molar-refractivity contribution in [2.75, 3.05) is 19.0 Å². The third-order valence-electron chi connectivity index (χ3n) is 2.13. The highest BCUT2D eigenvalue weighted by atomic mass is 79.9. The molecule has 0 aliphatic rings. The number of nitriles is 1. The van der Waals surface area contributed by atoms with E-state index in [2.05, 4.69) is 21.2 Å². The van der Waals surface area contributed by atoms with Gasteiger partial charge in [-0.2, -0.15) is 5.26 Å². The van der Waals surface area contributed by atoms with Gasteiger partial charge in [0.2, 0.25) is 5.91 Å². The highest BCUT2D eigenvalue weighted by Crippen LogP contribution is 2.21. The second-order valence-electron chi connectivity index (χ2n) is 3.45. The van der Waals surface area contributed by atoms with Crippen molar-refractivity contribution in [2.24, 2.45) is 0 Å². The van der Waals surface area contributed by atoms with Crippen LogP contribution in [-0.2, 0) is 9.53 Å². The highest BCUT2D eigenvalue weighted by molar-refractivity contribution is 9.10. The van der Waals surface area contributed by atoms with Crippen molar-refractivity contribution >= 4 is 27.5 Å². The van der Waals surface area contributed by atoms with E-state index in [1.54, 1.807) is 25.3 Å². The number of carbonyl (C=O) groups is 1. The molecule has 0 fully saturated rings. The van der Waals surface area contributed by atoms with Crippen molar-refractivity contribution in [1.82, 2.24) is 0 Å². The van der Waals surface area contributed by atoms with E-state index in [-0.39, 0.29) is 5.91 Å². The summed E-state index contributed by atoms with van der Waals surface area (Å²) in [5.41, 5.74) is 0.984. The molecule has 90 valence electrons. The third-order valence-corrected chi connectivity index (χ3v) is 2.62. The van der Waals surface area contributed by atoms with Gasteiger partial charge in [0.15, 0.2) is 0 Å². The van der Waals surface area contributed by atoms with Crippen LogP contribution in [0.25, 0.3) is 0 Å². The van der Waals surface area contributed by atoms with Crippen LogP contribution in [0.3, 0.4) is 0 Å². The fourth-order valence-corrected chi connectivity index (χ4v) is 1.67. The van der Waals surface area contributed by atoms with Crippen LogP contribution < -0.4 is 5.32 Å². The second-order valence-corrected chi connectivity index (χ2v) is 4.36. The van der Waals surface area contributed by atoms with E-state index < -0.39 is 0 Å². The van der Waals surface area contributed by atoms with E-state index in [0.717, 1.165) is 4.47 Å². The number of amides is 1. The molecule has 0 heterocycles. The maximum atomic E-state index is 11.6. The monoisotopic (exact) mass is 296 g/mol. The maximum absolute atomic E-state index is 11.6. The Balaban J connectivity index is 2.64. The highest BCUT2D eigenvalue weighted by Gasteiger charge is 2.07. The van der Waals surface area contributed by atoms with Gasteiger partial charge in [-0.1, -0.05) is 15.9 Å². The van der Waals surface area contributed by atoms with Gasteiger partial charge in [0.05, 0.1) is 11.3 Å². The molecule has 0 bridgehead atoms. The number of methoxy groups -OCH3 is 1. The van der Waals surface area contributed by atoms with Gasteiger partial charge in [-0.15, -0.1) is 0 Å². The molecule has 0 aromatic heterocycles. The van der Waals surface area contributed by atoms with Gasteiger partial charge >= 0.3 is 0 Å². The molecule has 1 aromatic carbocycles. The number of nitrogens with one attached hydrogen (secondary N) is 1. The number of carbonyl (C=O) groups excluding carboxylic acids is 1. The van der Waals surface area contributed by atoms with Crippen molar-refractivity contribution in [3.05, 3.63) is 28.2 Å². The summed E-state index contributed by atoms with van der Waals surface area (Å²) >= 11 is 3.30. The molecule has 0 aliphatic heterocycles. The quantitative estimate of drug-likeness (QED) is 0.850. The number of hydrogen-bond acceptors (Lipinski definition) is 3. The fraction of sp³-hybridized carbons (Fsp3) is 0.333. The summed E-state index contributed by atoms with van der Waals surface area (Å²) in [7, 11) is 1.60. The molecule has 1 N–H and O–H groups in total. The minimum Gasteiger partial charge on any atom is -0.385 e. The number of nitrogens with zero attached hydrogens (tertiary/aromatic N) is 1. The predicted octanol–water partition coefficient (Wildman–Crippen LogP) is 2.69. The number of ether oxygens (including phenoxy) is 1. The van der Waals surface area contributed by atoms with Crippen molar-refractivity contribution in [2.45, 2.75) is 12.8 Å². The van der Waals surface area contributed by atoms with Gasteiger partial charge in [0.25, 0.3) is 0 Å². The Morgan fingerprint density at radius 1 is 1.59 bits per heavy atom. The first-order valence-electron chi connectivity index (χ1n) is 5.16. The lowest BCUT2D eigenvalue weighted by Gasteiger charge is -2.07. The maximum Gasteiger partial charge on any atom is 0.224 e. The molecule has 4 nitrogen and oxygen atoms in total. The SMILES string of the molecule is COCCCC(=O)Nc1cc(Br)ccc1C#N. The smallest absolute Gasteiger partial charge is 0.224 e. The van der Waals surface area contributed by atoms with Crippen LogP contribution >= 0.6 is 15.9 Å². The molecule has 0 saturated heterocycles. The molecule has 0 aliphatic carbocycles. The summed E-state index contributed by atoms with van der Waals surface area (Å²) in [6.45, 7) is 0.553. The van der Waals surface area contributed by atoms with E-state index in [4.69, 9.17) is 10.00 Å². The summed E-state index contributed by atoms with van der Waals surface area (Å²) in [5, 5.41) is 11.6. The molecule has 0 atom stereocenters. The summed E-state index contributed by atoms with van der Waals surface area (Å²) in [4.78, 5) is 11.6. The predicted molar refractivity (Wildman–Crippen MR) is 68.6 cm³/mol. The van der Waals surface area contributed by atoms with Gasteiger partial charge in [-0.3, -0.25) is 4.79 Å². The Hall–Kier alpha value is -1.38. The number of benzene rings is 1. The van der Waals surface area contributed by atoms with Gasteiger partial charge < -0.3 is 10.1 Å². The zero-order chi connectivity index (χ0) is 12.7. The van der Waals surface area contributed by atoms with Crippen LogP contribution in [0.2, 0.25) is 0 Å². The van der Waals surface area contributed by atoms with Crippen LogP contribution in [0.15, 0.2) is 22.7 Å². The Labute approximate surface area is 109 Å². The molecule has 5 heteroatoms. The van der Waals surface area contributed by atoms with Crippen molar-refractivity contribution in [1.29, 1.82) is 5.26 Å². The normalized spacial score (nSPS) is 9.71. The Bertz CT molecular complexity index is 441. The van der Waals surface area contributed by atoms with Crippen LogP contribution in [0, 0.1) is 11.3 Å². The Kier molecular flexibility index (Phi) is 5.67. The number of rotatable bonds is 5. The minimum absolute atomic E-state index is 0.114. The molecule has 1 rings (SSSR count). The fourth-order valence-electron chi connectivity index (χ4n) is 1.31. The molecular weight excluding hydrogens is 284 g/mol. The number of anilines is 1. The summed E-state index contributed by atoms with van der Waals surface area (Å²) < 4.78 is 5.69. The molecular formula is C12H13BrN2O2. The van der Waals surface area contributed by atoms with E-state index >= 15 is 0 Å². The van der Waals surface area contributed by atoms with Crippen LogP contribution in [0.5, 0.6) is 0 Å². The lowest BCUT2D eigenvalue weighted by Crippen LogP contribution is -2.13. The van der Waals surface area contributed by atoms with Crippen LogP contribution in [-0.4, -0.2) is 19.6 Å². The summed E-state index contributed by atoms with van der Waals surface area (Å²) in [5.74, 6) is -0.114. The second kappa shape index (κ2) is 7.05. The standard InChI is InChI=1S/C12H13BrN2O2/c1-17-6-2-3-12(16)15-11-7-10(13)5-4-9(11)8-14/h4-5,7H,2-3,6H2,1H3,(H,15,16). The largest absolute Gasteiger partial charge is 0.385 e. The molecule has 17 heavy (non-hydrogen) atoms. The molecule has 0 spiro atoms.